The van der Waals surface area contributed by atoms with Crippen molar-refractivity contribution in [2.75, 3.05) is 0 Å². The third-order valence-corrected chi connectivity index (χ3v) is 1.59. The van der Waals surface area contributed by atoms with Gasteiger partial charge in [0.05, 0.1) is 0 Å². The van der Waals surface area contributed by atoms with E-state index < -0.39 is 18.1 Å². The zero-order chi connectivity index (χ0) is 7.83. The van der Waals surface area contributed by atoms with Gasteiger partial charge in [-0.1, -0.05) is 0 Å². The number of halogens is 3. The number of hydrogen-bond donors (Lipinski definition) is 0. The molecular weight excluding hydrogens is 143 g/mol. The van der Waals surface area contributed by atoms with Crippen LogP contribution >= 0.6 is 0 Å². The van der Waals surface area contributed by atoms with Crippen molar-refractivity contribution >= 4 is 0 Å². The van der Waals surface area contributed by atoms with Gasteiger partial charge in [0, 0.05) is 12.8 Å². The van der Waals surface area contributed by atoms with Gasteiger partial charge in [-0.05, 0) is 0 Å². The first-order valence-corrected chi connectivity index (χ1v) is 2.93. The Morgan fingerprint density at radius 2 is 1.90 bits per heavy atom. The number of nitrogens with zero attached hydrogens (tertiary/aromatic N) is 1. The van der Waals surface area contributed by atoms with Crippen molar-refractivity contribution in [3.63, 3.8) is 0 Å². The lowest BCUT2D eigenvalue weighted by atomic mass is 10.2. The second-order valence-electron chi connectivity index (χ2n) is 2.63. The molecule has 1 aliphatic carbocycles. The summed E-state index contributed by atoms with van der Waals surface area (Å²) in [7, 11) is 0. The van der Waals surface area contributed by atoms with Gasteiger partial charge in [0.15, 0.2) is 0 Å². The van der Waals surface area contributed by atoms with Crippen LogP contribution in [0.1, 0.15) is 19.3 Å². The van der Waals surface area contributed by atoms with Crippen LogP contribution in [0.3, 0.4) is 0 Å². The molecule has 1 fully saturated rings. The predicted octanol–water partition coefficient (Wildman–Crippen LogP) is 2.39. The number of alkyl halides is 3. The maximum atomic E-state index is 11.6. The molecule has 0 aromatic heterocycles. The fraction of sp³-hybridized carbons (Fsp3) is 0.833. The van der Waals surface area contributed by atoms with Crippen molar-refractivity contribution in [3.05, 3.63) is 11.4 Å². The fourth-order valence-electron chi connectivity index (χ4n) is 0.846. The van der Waals surface area contributed by atoms with Gasteiger partial charge in [-0.15, -0.1) is 0 Å². The topological polar surface area (TPSA) is 4.36 Å². The first-order chi connectivity index (χ1) is 4.47. The van der Waals surface area contributed by atoms with E-state index in [2.05, 4.69) is 4.85 Å². The van der Waals surface area contributed by atoms with Gasteiger partial charge in [0.2, 0.25) is 5.54 Å². The maximum absolute atomic E-state index is 11.6. The fourth-order valence-corrected chi connectivity index (χ4v) is 0.846. The number of hydrogen-bond acceptors (Lipinski definition) is 0. The van der Waals surface area contributed by atoms with Crippen molar-refractivity contribution in [2.24, 2.45) is 0 Å². The lowest BCUT2D eigenvalue weighted by Gasteiger charge is -2.05. The normalized spacial score (nSPS) is 21.8. The molecule has 1 rings (SSSR count). The van der Waals surface area contributed by atoms with Gasteiger partial charge in [-0.2, -0.15) is 13.2 Å². The quantitative estimate of drug-likeness (QED) is 0.504. The molecule has 56 valence electrons. The average molecular weight is 149 g/mol. The van der Waals surface area contributed by atoms with Gasteiger partial charge in [0.25, 0.3) is 0 Å². The summed E-state index contributed by atoms with van der Waals surface area (Å²) in [5.41, 5.74) is -1.06. The van der Waals surface area contributed by atoms with E-state index in [-0.39, 0.29) is 0 Å². The van der Waals surface area contributed by atoms with Gasteiger partial charge >= 0.3 is 6.18 Å². The summed E-state index contributed by atoms with van der Waals surface area (Å²) in [6.07, 6.45) is -4.27. The van der Waals surface area contributed by atoms with Crippen LogP contribution < -0.4 is 0 Å². The monoisotopic (exact) mass is 149 g/mol. The van der Waals surface area contributed by atoms with Gasteiger partial charge < -0.3 is 4.85 Å². The van der Waals surface area contributed by atoms with Crippen LogP contribution in [0, 0.1) is 6.57 Å². The van der Waals surface area contributed by atoms with E-state index in [0.29, 0.717) is 12.8 Å². The van der Waals surface area contributed by atoms with Crippen LogP contribution in [0.15, 0.2) is 0 Å². The molecule has 0 amide bonds. The smallest absolute Gasteiger partial charge is 0.310 e. The molecule has 0 unspecified atom stereocenters. The third-order valence-electron chi connectivity index (χ3n) is 1.59. The summed E-state index contributed by atoms with van der Waals surface area (Å²) in [6.45, 7) is 6.47. The van der Waals surface area contributed by atoms with E-state index >= 15 is 0 Å². The Hall–Kier alpha value is -0.720. The second kappa shape index (κ2) is 1.88. The van der Waals surface area contributed by atoms with Crippen LogP contribution in [0.2, 0.25) is 0 Å². The molecule has 4 heteroatoms. The minimum atomic E-state index is -4.17. The van der Waals surface area contributed by atoms with E-state index in [1.54, 1.807) is 0 Å². The minimum absolute atomic E-state index is 0.413. The summed E-state index contributed by atoms with van der Waals surface area (Å²) in [5.74, 6) is 0. The SMILES string of the molecule is [C-]#[N+]C1(CC(F)(F)F)CC1. The van der Waals surface area contributed by atoms with E-state index in [9.17, 15) is 13.2 Å². The summed E-state index contributed by atoms with van der Waals surface area (Å²) in [4.78, 5) is 2.95. The van der Waals surface area contributed by atoms with Crippen molar-refractivity contribution in [1.82, 2.24) is 0 Å². The molecule has 10 heavy (non-hydrogen) atoms. The van der Waals surface area contributed by atoms with Crippen molar-refractivity contribution in [3.8, 4) is 0 Å². The Bertz CT molecular complexity index is 172. The minimum Gasteiger partial charge on any atom is -0.310 e. The Balaban J connectivity index is 2.48. The lowest BCUT2D eigenvalue weighted by molar-refractivity contribution is -0.137. The summed E-state index contributed by atoms with van der Waals surface area (Å²) >= 11 is 0. The highest BCUT2D eigenvalue weighted by atomic mass is 19.4. The molecule has 1 saturated carbocycles. The Morgan fingerprint density at radius 1 is 1.40 bits per heavy atom. The van der Waals surface area contributed by atoms with Crippen LogP contribution in [0.5, 0.6) is 0 Å². The van der Waals surface area contributed by atoms with Crippen LogP contribution in [0.25, 0.3) is 4.85 Å². The van der Waals surface area contributed by atoms with Crippen LogP contribution in [0.4, 0.5) is 13.2 Å². The van der Waals surface area contributed by atoms with Crippen molar-refractivity contribution in [1.29, 1.82) is 0 Å². The molecule has 1 aliphatic rings. The number of rotatable bonds is 1. The van der Waals surface area contributed by atoms with E-state index in [1.165, 1.54) is 0 Å². The standard InChI is InChI=1S/C6H6F3N/c1-10-5(2-3-5)4-6(7,8)9/h2-4H2. The third kappa shape index (κ3) is 1.63. The maximum Gasteiger partial charge on any atom is 0.396 e. The molecule has 0 radical (unpaired) electrons. The van der Waals surface area contributed by atoms with Crippen molar-refractivity contribution in [2.45, 2.75) is 31.0 Å². The highest BCUT2D eigenvalue weighted by Crippen LogP contribution is 2.47. The summed E-state index contributed by atoms with van der Waals surface area (Å²) in [5, 5.41) is 0. The van der Waals surface area contributed by atoms with E-state index in [4.69, 9.17) is 6.57 Å². The highest BCUT2D eigenvalue weighted by molar-refractivity contribution is 5.11. The molecule has 0 atom stereocenters. The Kier molecular flexibility index (Phi) is 1.39. The second-order valence-corrected chi connectivity index (χ2v) is 2.63. The molecule has 0 N–H and O–H groups in total. The molecule has 0 aromatic rings. The lowest BCUT2D eigenvalue weighted by Crippen LogP contribution is -2.17. The van der Waals surface area contributed by atoms with Crippen LogP contribution in [-0.4, -0.2) is 11.7 Å². The molecular formula is C6H6F3N. The zero-order valence-electron chi connectivity index (χ0n) is 5.20. The van der Waals surface area contributed by atoms with Crippen molar-refractivity contribution < 1.29 is 13.2 Å². The molecule has 0 aromatic carbocycles. The molecule has 0 spiro atoms. The van der Waals surface area contributed by atoms with E-state index in [0.717, 1.165) is 0 Å². The Labute approximate surface area is 56.7 Å². The van der Waals surface area contributed by atoms with Gasteiger partial charge in [-0.25, -0.2) is 6.57 Å². The summed E-state index contributed by atoms with van der Waals surface area (Å²) < 4.78 is 34.9. The average Bonchev–Trinajstić information content (AvgIpc) is 2.45. The molecule has 0 heterocycles. The van der Waals surface area contributed by atoms with Gasteiger partial charge in [-0.3, -0.25) is 0 Å². The molecule has 0 aliphatic heterocycles. The first-order valence-electron chi connectivity index (χ1n) is 2.93. The van der Waals surface area contributed by atoms with Gasteiger partial charge in [0.1, 0.15) is 6.42 Å². The Morgan fingerprint density at radius 3 is 2.00 bits per heavy atom. The predicted molar refractivity (Wildman–Crippen MR) is 29.2 cm³/mol. The zero-order valence-corrected chi connectivity index (χ0v) is 5.20. The van der Waals surface area contributed by atoms with E-state index in [1.807, 2.05) is 0 Å². The molecule has 0 saturated heterocycles. The first kappa shape index (κ1) is 7.39. The largest absolute Gasteiger partial charge is 0.396 e. The highest BCUT2D eigenvalue weighted by Gasteiger charge is 2.57. The summed E-state index contributed by atoms with van der Waals surface area (Å²) in [6, 6.07) is 0. The molecule has 0 bridgehead atoms. The molecule has 1 nitrogen and oxygen atoms in total. The van der Waals surface area contributed by atoms with Crippen LogP contribution in [-0.2, 0) is 0 Å².